The zero-order valence-electron chi connectivity index (χ0n) is 14.3. The number of hydrogen-bond donors (Lipinski definition) is 2. The average Bonchev–Trinajstić information content (AvgIpc) is 2.87. The number of rotatable bonds is 4. The van der Waals surface area contributed by atoms with Crippen LogP contribution < -0.4 is 11.0 Å². The zero-order valence-corrected chi connectivity index (χ0v) is 15.9. The number of aromatic nitrogens is 2. The molecule has 1 aromatic heterocycles. The van der Waals surface area contributed by atoms with Crippen LogP contribution in [0, 0.1) is 20.8 Å². The average molecular weight is 399 g/mol. The predicted molar refractivity (Wildman–Crippen MR) is 106 cm³/mol. The number of benzene rings is 2. The third-order valence-corrected chi connectivity index (χ3v) is 4.85. The van der Waals surface area contributed by atoms with Gasteiger partial charge in [-0.3, -0.25) is 15.3 Å². The van der Waals surface area contributed by atoms with Crippen molar-refractivity contribution in [3.05, 3.63) is 79.7 Å². The summed E-state index contributed by atoms with van der Waals surface area (Å²) >= 11 is 3.47. The summed E-state index contributed by atoms with van der Waals surface area (Å²) in [6.45, 7) is 5.88. The van der Waals surface area contributed by atoms with E-state index in [4.69, 9.17) is 0 Å². The van der Waals surface area contributed by atoms with Gasteiger partial charge < -0.3 is 0 Å². The van der Waals surface area contributed by atoms with Crippen molar-refractivity contribution in [3.8, 4) is 5.69 Å². The van der Waals surface area contributed by atoms with Gasteiger partial charge in [-0.25, -0.2) is 4.68 Å². The number of aromatic amines is 1. The molecule has 0 unspecified atom stereocenters. The van der Waals surface area contributed by atoms with E-state index >= 15 is 0 Å². The highest BCUT2D eigenvalue weighted by atomic mass is 79.9. The number of anilines is 1. The van der Waals surface area contributed by atoms with E-state index in [1.54, 1.807) is 6.21 Å². The van der Waals surface area contributed by atoms with E-state index in [1.807, 2.05) is 63.2 Å². The summed E-state index contributed by atoms with van der Waals surface area (Å²) in [6.07, 6.45) is 1.55. The van der Waals surface area contributed by atoms with Crippen LogP contribution in [0.3, 0.4) is 0 Å². The van der Waals surface area contributed by atoms with Gasteiger partial charge in [0.2, 0.25) is 0 Å². The summed E-state index contributed by atoms with van der Waals surface area (Å²) in [5.41, 5.74) is 8.02. The van der Waals surface area contributed by atoms with Gasteiger partial charge in [-0.05, 0) is 56.7 Å². The second kappa shape index (κ2) is 7.11. The van der Waals surface area contributed by atoms with E-state index in [1.165, 1.54) is 10.2 Å². The highest BCUT2D eigenvalue weighted by molar-refractivity contribution is 9.10. The molecule has 0 fully saturated rings. The quantitative estimate of drug-likeness (QED) is 0.508. The van der Waals surface area contributed by atoms with Crippen molar-refractivity contribution >= 4 is 27.8 Å². The summed E-state index contributed by atoms with van der Waals surface area (Å²) in [5, 5.41) is 7.29. The Morgan fingerprint density at radius 1 is 1.12 bits per heavy atom. The zero-order chi connectivity index (χ0) is 18.0. The summed E-state index contributed by atoms with van der Waals surface area (Å²) in [5.74, 6) is 0. The van der Waals surface area contributed by atoms with Gasteiger partial charge in [-0.15, -0.1) is 0 Å². The third kappa shape index (κ3) is 3.74. The molecule has 0 saturated carbocycles. The molecule has 0 aliphatic heterocycles. The molecule has 6 heteroatoms. The minimum atomic E-state index is -0.131. The van der Waals surface area contributed by atoms with Crippen molar-refractivity contribution in [2.24, 2.45) is 5.10 Å². The van der Waals surface area contributed by atoms with Crippen LogP contribution >= 0.6 is 15.9 Å². The number of H-pyrrole nitrogens is 1. The molecule has 2 N–H and O–H groups in total. The number of hydrazone groups is 1. The maximum atomic E-state index is 12.7. The Labute approximate surface area is 154 Å². The molecule has 1 heterocycles. The van der Waals surface area contributed by atoms with Crippen molar-refractivity contribution in [2.45, 2.75) is 20.8 Å². The Morgan fingerprint density at radius 2 is 1.84 bits per heavy atom. The fourth-order valence-electron chi connectivity index (χ4n) is 2.46. The molecular formula is C19H19BrN4O. The van der Waals surface area contributed by atoms with Crippen LogP contribution in [0.2, 0.25) is 0 Å². The molecule has 0 radical (unpaired) electrons. The molecule has 0 saturated heterocycles. The largest absolute Gasteiger partial charge is 0.295 e. The number of halogens is 1. The van der Waals surface area contributed by atoms with Crippen molar-refractivity contribution in [1.29, 1.82) is 0 Å². The second-order valence-corrected chi connectivity index (χ2v) is 6.81. The Bertz CT molecular complexity index is 984. The third-order valence-electron chi connectivity index (χ3n) is 3.96. The molecule has 3 rings (SSSR count). The van der Waals surface area contributed by atoms with Gasteiger partial charge in [-0.1, -0.05) is 33.6 Å². The van der Waals surface area contributed by atoms with E-state index in [-0.39, 0.29) is 5.56 Å². The highest BCUT2D eigenvalue weighted by Gasteiger charge is 2.11. The first-order valence-electron chi connectivity index (χ1n) is 7.89. The fraction of sp³-hybridized carbons (Fsp3) is 0.158. The predicted octanol–water partition coefficient (Wildman–Crippen LogP) is 4.30. The Hall–Kier alpha value is -2.60. The molecule has 5 nitrogen and oxygen atoms in total. The lowest BCUT2D eigenvalue weighted by Crippen LogP contribution is -2.17. The normalized spacial score (nSPS) is 11.2. The lowest BCUT2D eigenvalue weighted by Gasteiger charge is -2.04. The highest BCUT2D eigenvalue weighted by Crippen LogP contribution is 2.18. The van der Waals surface area contributed by atoms with Crippen molar-refractivity contribution in [1.82, 2.24) is 9.78 Å². The van der Waals surface area contributed by atoms with E-state index < -0.39 is 0 Å². The Morgan fingerprint density at radius 3 is 2.52 bits per heavy atom. The van der Waals surface area contributed by atoms with Crippen LogP contribution in [-0.4, -0.2) is 16.0 Å². The number of nitrogens with one attached hydrogen (secondary N) is 2. The monoisotopic (exact) mass is 398 g/mol. The van der Waals surface area contributed by atoms with E-state index in [0.717, 1.165) is 27.1 Å². The van der Waals surface area contributed by atoms with Gasteiger partial charge in [-0.2, -0.15) is 5.10 Å². The van der Waals surface area contributed by atoms with Crippen LogP contribution in [0.4, 0.5) is 5.69 Å². The van der Waals surface area contributed by atoms with E-state index in [2.05, 4.69) is 31.6 Å². The first-order valence-corrected chi connectivity index (χ1v) is 8.69. The summed E-state index contributed by atoms with van der Waals surface area (Å²) in [7, 11) is 0. The molecule has 0 atom stereocenters. The van der Waals surface area contributed by atoms with Gasteiger partial charge in [0.05, 0.1) is 23.2 Å². The van der Waals surface area contributed by atoms with Crippen LogP contribution in [0.25, 0.3) is 5.69 Å². The standard InChI is InChI=1S/C19H19BrN4O/c1-12-4-6-15(7-5-12)22-21-11-17-14(3)23-24(19(17)25)16-8-9-18(20)13(2)10-16/h4-11,22-23H,1-3H3. The van der Waals surface area contributed by atoms with Gasteiger partial charge in [0.1, 0.15) is 0 Å². The van der Waals surface area contributed by atoms with E-state index in [9.17, 15) is 4.79 Å². The molecule has 0 spiro atoms. The first kappa shape index (κ1) is 17.2. The molecule has 2 aromatic carbocycles. The lowest BCUT2D eigenvalue weighted by molar-refractivity contribution is 0.834. The minimum absolute atomic E-state index is 0.131. The van der Waals surface area contributed by atoms with Gasteiger partial charge in [0.15, 0.2) is 0 Å². The number of hydrogen-bond acceptors (Lipinski definition) is 3. The van der Waals surface area contributed by atoms with Crippen LogP contribution in [0.1, 0.15) is 22.4 Å². The molecular weight excluding hydrogens is 380 g/mol. The first-order chi connectivity index (χ1) is 12.0. The van der Waals surface area contributed by atoms with E-state index in [0.29, 0.717) is 5.56 Å². The van der Waals surface area contributed by atoms with Gasteiger partial charge in [0, 0.05) is 10.2 Å². The molecule has 0 bridgehead atoms. The molecule has 0 aliphatic rings. The Kier molecular flexibility index (Phi) is 4.90. The van der Waals surface area contributed by atoms with Gasteiger partial charge in [0.25, 0.3) is 5.56 Å². The van der Waals surface area contributed by atoms with Crippen LogP contribution in [0.5, 0.6) is 0 Å². The summed E-state index contributed by atoms with van der Waals surface area (Å²) < 4.78 is 2.54. The minimum Gasteiger partial charge on any atom is -0.295 e. The number of nitrogens with zero attached hydrogens (tertiary/aromatic N) is 2. The Balaban J connectivity index is 1.86. The summed E-state index contributed by atoms with van der Waals surface area (Å²) in [6, 6.07) is 13.7. The van der Waals surface area contributed by atoms with Crippen molar-refractivity contribution in [2.75, 3.05) is 5.43 Å². The number of aryl methyl sites for hydroxylation is 3. The molecule has 0 amide bonds. The second-order valence-electron chi connectivity index (χ2n) is 5.96. The van der Waals surface area contributed by atoms with Crippen molar-refractivity contribution < 1.29 is 0 Å². The fourth-order valence-corrected chi connectivity index (χ4v) is 2.71. The molecule has 128 valence electrons. The lowest BCUT2D eigenvalue weighted by atomic mass is 10.2. The van der Waals surface area contributed by atoms with Crippen molar-refractivity contribution in [3.63, 3.8) is 0 Å². The SMILES string of the molecule is Cc1ccc(NN=Cc2c(C)[nH]n(-c3ccc(Br)c(C)c3)c2=O)cc1. The maximum Gasteiger partial charge on any atom is 0.280 e. The van der Waals surface area contributed by atoms with Crippen LogP contribution in [0.15, 0.2) is 56.8 Å². The molecule has 25 heavy (non-hydrogen) atoms. The summed E-state index contributed by atoms with van der Waals surface area (Å²) in [4.78, 5) is 12.7. The van der Waals surface area contributed by atoms with Gasteiger partial charge >= 0.3 is 0 Å². The van der Waals surface area contributed by atoms with Crippen LogP contribution in [-0.2, 0) is 0 Å². The molecule has 0 aliphatic carbocycles. The maximum absolute atomic E-state index is 12.7. The topological polar surface area (TPSA) is 62.2 Å². The molecule has 3 aromatic rings. The smallest absolute Gasteiger partial charge is 0.280 e.